The van der Waals surface area contributed by atoms with Crippen LogP contribution in [-0.2, 0) is 12.7 Å². The Balaban J connectivity index is 2.15. The molecule has 0 heterocycles. The Bertz CT molecular complexity index is 611. The SMILES string of the molecule is CSc1ccc(CNc2ccc(Cl)cc2C(F)(F)F)cc1. The Hall–Kier alpha value is -1.33. The number of alkyl halides is 3. The molecule has 6 heteroatoms. The van der Waals surface area contributed by atoms with E-state index >= 15 is 0 Å². The van der Waals surface area contributed by atoms with Crippen molar-refractivity contribution in [1.29, 1.82) is 0 Å². The molecule has 0 radical (unpaired) electrons. The fourth-order valence-corrected chi connectivity index (χ4v) is 2.43. The molecule has 2 aromatic carbocycles. The highest BCUT2D eigenvalue weighted by atomic mass is 35.5. The largest absolute Gasteiger partial charge is 0.418 e. The second-order valence-corrected chi connectivity index (χ2v) is 5.71. The third-order valence-electron chi connectivity index (χ3n) is 2.93. The first-order valence-electron chi connectivity index (χ1n) is 6.13. The van der Waals surface area contributed by atoms with E-state index in [9.17, 15) is 13.2 Å². The van der Waals surface area contributed by atoms with E-state index < -0.39 is 11.7 Å². The number of rotatable bonds is 4. The van der Waals surface area contributed by atoms with Gasteiger partial charge in [0.2, 0.25) is 0 Å². The van der Waals surface area contributed by atoms with Crippen LogP contribution >= 0.6 is 23.4 Å². The van der Waals surface area contributed by atoms with Crippen molar-refractivity contribution in [3.63, 3.8) is 0 Å². The lowest BCUT2D eigenvalue weighted by molar-refractivity contribution is -0.136. The summed E-state index contributed by atoms with van der Waals surface area (Å²) in [5.74, 6) is 0. The molecule has 0 unspecified atom stereocenters. The van der Waals surface area contributed by atoms with Gasteiger partial charge in [0.05, 0.1) is 5.56 Å². The smallest absolute Gasteiger partial charge is 0.380 e. The van der Waals surface area contributed by atoms with Gasteiger partial charge in [-0.25, -0.2) is 0 Å². The summed E-state index contributed by atoms with van der Waals surface area (Å²) >= 11 is 7.26. The maximum atomic E-state index is 13.0. The first-order valence-corrected chi connectivity index (χ1v) is 7.74. The average Bonchev–Trinajstić information content (AvgIpc) is 2.45. The summed E-state index contributed by atoms with van der Waals surface area (Å²) in [6, 6.07) is 11.4. The second kappa shape index (κ2) is 6.62. The number of thioether (sulfide) groups is 1. The van der Waals surface area contributed by atoms with Crippen LogP contribution < -0.4 is 5.32 Å². The molecule has 2 rings (SSSR count). The second-order valence-electron chi connectivity index (χ2n) is 4.39. The maximum Gasteiger partial charge on any atom is 0.418 e. The Kier molecular flexibility index (Phi) is 5.06. The van der Waals surface area contributed by atoms with Crippen LogP contribution in [-0.4, -0.2) is 6.26 Å². The number of hydrogen-bond acceptors (Lipinski definition) is 2. The van der Waals surface area contributed by atoms with Crippen molar-refractivity contribution >= 4 is 29.1 Å². The van der Waals surface area contributed by atoms with Crippen molar-refractivity contribution in [2.45, 2.75) is 17.6 Å². The van der Waals surface area contributed by atoms with Crippen LogP contribution in [0.1, 0.15) is 11.1 Å². The molecule has 1 nitrogen and oxygen atoms in total. The van der Waals surface area contributed by atoms with Crippen LogP contribution in [0.25, 0.3) is 0 Å². The number of benzene rings is 2. The van der Waals surface area contributed by atoms with E-state index in [-0.39, 0.29) is 10.7 Å². The first kappa shape index (κ1) is 16.0. The predicted molar refractivity (Wildman–Crippen MR) is 82.0 cm³/mol. The van der Waals surface area contributed by atoms with Crippen LogP contribution in [0, 0.1) is 0 Å². The van der Waals surface area contributed by atoms with Crippen molar-refractivity contribution in [1.82, 2.24) is 0 Å². The zero-order valence-corrected chi connectivity index (χ0v) is 12.7. The van der Waals surface area contributed by atoms with Gasteiger partial charge in [-0.2, -0.15) is 13.2 Å². The van der Waals surface area contributed by atoms with Crippen molar-refractivity contribution < 1.29 is 13.2 Å². The minimum atomic E-state index is -4.43. The molecule has 21 heavy (non-hydrogen) atoms. The molecule has 0 aliphatic heterocycles. The van der Waals surface area contributed by atoms with Gasteiger partial charge in [0.15, 0.2) is 0 Å². The van der Waals surface area contributed by atoms with Gasteiger partial charge in [0, 0.05) is 22.2 Å². The average molecular weight is 332 g/mol. The van der Waals surface area contributed by atoms with Crippen molar-refractivity contribution in [3.05, 3.63) is 58.6 Å². The topological polar surface area (TPSA) is 12.0 Å². The molecular formula is C15H13ClF3NS. The van der Waals surface area contributed by atoms with E-state index in [0.29, 0.717) is 6.54 Å². The molecule has 112 valence electrons. The van der Waals surface area contributed by atoms with Crippen molar-refractivity contribution in [2.75, 3.05) is 11.6 Å². The van der Waals surface area contributed by atoms with Gasteiger partial charge in [-0.05, 0) is 42.2 Å². The summed E-state index contributed by atoms with van der Waals surface area (Å²) in [5, 5.41) is 2.88. The van der Waals surface area contributed by atoms with Gasteiger partial charge >= 0.3 is 6.18 Å². The summed E-state index contributed by atoms with van der Waals surface area (Å²) in [5.41, 5.74) is 0.187. The first-order chi connectivity index (χ1) is 9.90. The summed E-state index contributed by atoms with van der Waals surface area (Å²) in [6.45, 7) is 0.319. The molecule has 0 aliphatic rings. The normalized spacial score (nSPS) is 11.5. The van der Waals surface area contributed by atoms with E-state index in [2.05, 4.69) is 5.32 Å². The van der Waals surface area contributed by atoms with Crippen LogP contribution in [0.2, 0.25) is 5.02 Å². The van der Waals surface area contributed by atoms with Crippen LogP contribution in [0.15, 0.2) is 47.4 Å². The van der Waals surface area contributed by atoms with E-state index in [1.54, 1.807) is 11.8 Å². The van der Waals surface area contributed by atoms with Crippen LogP contribution in [0.3, 0.4) is 0 Å². The third kappa shape index (κ3) is 4.32. The van der Waals surface area contributed by atoms with Gasteiger partial charge in [-0.15, -0.1) is 11.8 Å². The standard InChI is InChI=1S/C15H13ClF3NS/c1-21-12-5-2-10(3-6-12)9-20-14-7-4-11(16)8-13(14)15(17,18)19/h2-8,20H,9H2,1H3. The molecule has 0 fully saturated rings. The lowest BCUT2D eigenvalue weighted by Crippen LogP contribution is -2.10. The Labute approximate surface area is 130 Å². The van der Waals surface area contributed by atoms with Gasteiger partial charge in [0.25, 0.3) is 0 Å². The highest BCUT2D eigenvalue weighted by molar-refractivity contribution is 7.98. The molecule has 0 saturated carbocycles. The minimum Gasteiger partial charge on any atom is -0.380 e. The van der Waals surface area contributed by atoms with E-state index in [4.69, 9.17) is 11.6 Å². The van der Waals surface area contributed by atoms with Crippen molar-refractivity contribution in [3.8, 4) is 0 Å². The highest BCUT2D eigenvalue weighted by Crippen LogP contribution is 2.36. The molecule has 2 aromatic rings. The van der Waals surface area contributed by atoms with Crippen LogP contribution in [0.5, 0.6) is 0 Å². The number of hydrogen-bond donors (Lipinski definition) is 1. The summed E-state index contributed by atoms with van der Waals surface area (Å²) < 4.78 is 38.9. The summed E-state index contributed by atoms with van der Waals surface area (Å²) in [4.78, 5) is 1.11. The number of nitrogens with one attached hydrogen (secondary N) is 1. The lowest BCUT2D eigenvalue weighted by atomic mass is 10.1. The Morgan fingerprint density at radius 2 is 1.76 bits per heavy atom. The van der Waals surface area contributed by atoms with Crippen molar-refractivity contribution in [2.24, 2.45) is 0 Å². The zero-order chi connectivity index (χ0) is 15.5. The summed E-state index contributed by atoms with van der Waals surface area (Å²) in [7, 11) is 0. The minimum absolute atomic E-state index is 0.0286. The third-order valence-corrected chi connectivity index (χ3v) is 3.91. The fraction of sp³-hybridized carbons (Fsp3) is 0.200. The summed E-state index contributed by atoms with van der Waals surface area (Å²) in [6.07, 6.45) is -2.47. The van der Waals surface area contributed by atoms with E-state index in [1.807, 2.05) is 30.5 Å². The Morgan fingerprint density at radius 3 is 2.33 bits per heavy atom. The number of anilines is 1. The van der Waals surface area contributed by atoms with Crippen LogP contribution in [0.4, 0.5) is 18.9 Å². The molecule has 0 atom stereocenters. The maximum absolute atomic E-state index is 13.0. The highest BCUT2D eigenvalue weighted by Gasteiger charge is 2.33. The van der Waals surface area contributed by atoms with E-state index in [0.717, 1.165) is 16.5 Å². The molecule has 0 bridgehead atoms. The molecule has 0 aliphatic carbocycles. The molecule has 0 aromatic heterocycles. The van der Waals surface area contributed by atoms with Gasteiger partial charge < -0.3 is 5.32 Å². The molecule has 0 amide bonds. The predicted octanol–water partition coefficient (Wildman–Crippen LogP) is 5.69. The molecular weight excluding hydrogens is 319 g/mol. The monoisotopic (exact) mass is 331 g/mol. The van der Waals surface area contributed by atoms with Gasteiger partial charge in [-0.3, -0.25) is 0 Å². The quantitative estimate of drug-likeness (QED) is 0.722. The fourth-order valence-electron chi connectivity index (χ4n) is 1.85. The number of halogens is 4. The molecule has 0 spiro atoms. The van der Waals surface area contributed by atoms with Gasteiger partial charge in [0.1, 0.15) is 0 Å². The van der Waals surface area contributed by atoms with Gasteiger partial charge in [-0.1, -0.05) is 23.7 Å². The zero-order valence-electron chi connectivity index (χ0n) is 11.2. The molecule has 0 saturated heterocycles. The molecule has 1 N–H and O–H groups in total. The lowest BCUT2D eigenvalue weighted by Gasteiger charge is -2.15. The Morgan fingerprint density at radius 1 is 1.10 bits per heavy atom. The van der Waals surface area contributed by atoms with E-state index in [1.165, 1.54) is 12.1 Å².